The van der Waals surface area contributed by atoms with Crippen molar-refractivity contribution in [1.29, 1.82) is 0 Å². The van der Waals surface area contributed by atoms with Crippen LogP contribution in [0.15, 0.2) is 36.5 Å². The molecule has 1 fully saturated rings. The highest BCUT2D eigenvalue weighted by atomic mass is 32.1. The zero-order chi connectivity index (χ0) is 20.2. The number of thiazole rings is 1. The summed E-state index contributed by atoms with van der Waals surface area (Å²) in [4.78, 5) is 19.6. The molecular formula is C20H22N6O2S. The highest BCUT2D eigenvalue weighted by molar-refractivity contribution is 7.13. The van der Waals surface area contributed by atoms with E-state index in [9.17, 15) is 4.79 Å². The van der Waals surface area contributed by atoms with E-state index in [1.165, 1.54) is 11.3 Å². The third-order valence-electron chi connectivity index (χ3n) is 4.54. The van der Waals surface area contributed by atoms with Crippen LogP contribution in [0.3, 0.4) is 0 Å². The second kappa shape index (κ2) is 8.54. The molecule has 8 nitrogen and oxygen atoms in total. The molecule has 1 saturated heterocycles. The molecule has 150 valence electrons. The second-order valence-electron chi connectivity index (χ2n) is 6.70. The molecule has 1 aromatic carbocycles. The van der Waals surface area contributed by atoms with Crippen LogP contribution in [0.1, 0.15) is 20.4 Å². The Kier molecular flexibility index (Phi) is 5.68. The lowest BCUT2D eigenvalue weighted by Gasteiger charge is -2.28. The minimum atomic E-state index is -0.141. The van der Waals surface area contributed by atoms with Gasteiger partial charge in [0.25, 0.3) is 5.91 Å². The van der Waals surface area contributed by atoms with E-state index in [-0.39, 0.29) is 5.91 Å². The quantitative estimate of drug-likeness (QED) is 0.666. The van der Waals surface area contributed by atoms with E-state index in [4.69, 9.17) is 4.74 Å². The van der Waals surface area contributed by atoms with E-state index < -0.39 is 0 Å². The fourth-order valence-electron chi connectivity index (χ4n) is 3.13. The maximum Gasteiger partial charge on any atom is 0.267 e. The normalized spacial score (nSPS) is 13.9. The average Bonchev–Trinajstić information content (AvgIpc) is 3.08. The molecule has 0 radical (unpaired) electrons. The van der Waals surface area contributed by atoms with Crippen molar-refractivity contribution >= 4 is 40.1 Å². The Bertz CT molecular complexity index is 998. The molecule has 3 aromatic rings. The molecule has 1 aliphatic rings. The number of aromatic nitrogens is 3. The Morgan fingerprint density at radius 1 is 1.14 bits per heavy atom. The van der Waals surface area contributed by atoms with Gasteiger partial charge < -0.3 is 20.3 Å². The fraction of sp³-hybridized carbons (Fsp3) is 0.300. The van der Waals surface area contributed by atoms with Gasteiger partial charge in [-0.3, -0.25) is 4.79 Å². The Balaban J connectivity index is 1.40. The lowest BCUT2D eigenvalue weighted by Crippen LogP contribution is -2.36. The van der Waals surface area contributed by atoms with Gasteiger partial charge in [-0.2, -0.15) is 5.10 Å². The second-order valence-corrected chi connectivity index (χ2v) is 7.91. The third-order valence-corrected chi connectivity index (χ3v) is 5.61. The van der Waals surface area contributed by atoms with E-state index in [0.717, 1.165) is 54.1 Å². The molecule has 0 saturated carbocycles. The van der Waals surface area contributed by atoms with Crippen molar-refractivity contribution in [2.24, 2.45) is 0 Å². The van der Waals surface area contributed by atoms with Crippen molar-refractivity contribution < 1.29 is 9.53 Å². The number of amides is 1. The minimum absolute atomic E-state index is 0.141. The Morgan fingerprint density at radius 3 is 2.55 bits per heavy atom. The maximum absolute atomic E-state index is 12.4. The number of hydrogen-bond donors (Lipinski definition) is 2. The Morgan fingerprint density at radius 2 is 1.86 bits per heavy atom. The number of anilines is 4. The van der Waals surface area contributed by atoms with Crippen molar-refractivity contribution in [2.45, 2.75) is 13.8 Å². The number of rotatable bonds is 5. The van der Waals surface area contributed by atoms with Gasteiger partial charge in [-0.05, 0) is 38.1 Å². The first-order valence-corrected chi connectivity index (χ1v) is 10.2. The van der Waals surface area contributed by atoms with E-state index in [2.05, 4.69) is 30.7 Å². The predicted molar refractivity (Wildman–Crippen MR) is 114 cm³/mol. The average molecular weight is 411 g/mol. The molecular weight excluding hydrogens is 388 g/mol. The largest absolute Gasteiger partial charge is 0.378 e. The number of aryl methyl sites for hydroxylation is 2. The topological polar surface area (TPSA) is 92.3 Å². The molecule has 2 aromatic heterocycles. The molecule has 1 amide bonds. The first-order valence-electron chi connectivity index (χ1n) is 9.36. The summed E-state index contributed by atoms with van der Waals surface area (Å²) in [6, 6.07) is 9.46. The number of carbonyl (C=O) groups excluding carboxylic acids is 1. The lowest BCUT2D eigenvalue weighted by molar-refractivity contribution is 0.103. The predicted octanol–water partition coefficient (Wildman–Crippen LogP) is 3.38. The number of nitrogens with zero attached hydrogens (tertiary/aromatic N) is 4. The number of morpholine rings is 1. The first kappa shape index (κ1) is 19.3. The molecule has 0 spiro atoms. The van der Waals surface area contributed by atoms with Crippen molar-refractivity contribution in [3.63, 3.8) is 0 Å². The molecule has 0 atom stereocenters. The van der Waals surface area contributed by atoms with Crippen molar-refractivity contribution in [3.8, 4) is 0 Å². The first-order chi connectivity index (χ1) is 14.1. The van der Waals surface area contributed by atoms with Gasteiger partial charge in [0.2, 0.25) is 0 Å². The van der Waals surface area contributed by atoms with E-state index in [1.54, 1.807) is 6.20 Å². The van der Waals surface area contributed by atoms with Crippen LogP contribution in [0.25, 0.3) is 0 Å². The molecule has 4 rings (SSSR count). The zero-order valence-corrected chi connectivity index (χ0v) is 17.1. The third kappa shape index (κ3) is 4.69. The molecule has 9 heteroatoms. The van der Waals surface area contributed by atoms with Gasteiger partial charge in [0, 0.05) is 30.5 Å². The molecule has 29 heavy (non-hydrogen) atoms. The van der Waals surface area contributed by atoms with Gasteiger partial charge >= 0.3 is 0 Å². The zero-order valence-electron chi connectivity index (χ0n) is 16.3. The molecule has 0 aliphatic carbocycles. The molecule has 1 aliphatic heterocycles. The standard InChI is InChI=1S/C20H22N6O2S/c1-13-19(29-14(2)22-13)20(27)24-16-5-3-15(4-6-16)23-18-11-17(12-21-25-18)26-7-9-28-10-8-26/h3-6,11-12H,7-10H2,1-2H3,(H,23,25)(H,24,27). The minimum Gasteiger partial charge on any atom is -0.378 e. The summed E-state index contributed by atoms with van der Waals surface area (Å²) in [6.45, 7) is 6.87. The molecule has 0 unspecified atom stereocenters. The van der Waals surface area contributed by atoms with Crippen LogP contribution < -0.4 is 15.5 Å². The van der Waals surface area contributed by atoms with Gasteiger partial charge in [0.15, 0.2) is 5.82 Å². The number of hydrogen-bond acceptors (Lipinski definition) is 8. The van der Waals surface area contributed by atoms with Gasteiger partial charge in [0.05, 0.1) is 35.8 Å². The highest BCUT2D eigenvalue weighted by Gasteiger charge is 2.14. The van der Waals surface area contributed by atoms with E-state index in [1.807, 2.05) is 44.2 Å². The molecule has 2 N–H and O–H groups in total. The Hall–Kier alpha value is -3.04. The van der Waals surface area contributed by atoms with Crippen LogP contribution in [0.5, 0.6) is 0 Å². The maximum atomic E-state index is 12.4. The van der Waals surface area contributed by atoms with Crippen LogP contribution in [0.2, 0.25) is 0 Å². The van der Waals surface area contributed by atoms with Crippen LogP contribution in [0.4, 0.5) is 22.9 Å². The summed E-state index contributed by atoms with van der Waals surface area (Å²) in [7, 11) is 0. The van der Waals surface area contributed by atoms with Gasteiger partial charge in [-0.25, -0.2) is 4.98 Å². The number of carbonyl (C=O) groups is 1. The van der Waals surface area contributed by atoms with Crippen LogP contribution >= 0.6 is 11.3 Å². The lowest BCUT2D eigenvalue weighted by atomic mass is 10.2. The Labute approximate surface area is 172 Å². The smallest absolute Gasteiger partial charge is 0.267 e. The summed E-state index contributed by atoms with van der Waals surface area (Å²) < 4.78 is 5.40. The SMILES string of the molecule is Cc1nc(C)c(C(=O)Nc2ccc(Nc3cc(N4CCOCC4)cnn3)cc2)s1. The summed E-state index contributed by atoms with van der Waals surface area (Å²) in [6.07, 6.45) is 1.76. The van der Waals surface area contributed by atoms with Gasteiger partial charge in [-0.15, -0.1) is 16.4 Å². The van der Waals surface area contributed by atoms with Crippen molar-refractivity contribution in [2.75, 3.05) is 41.8 Å². The van der Waals surface area contributed by atoms with E-state index in [0.29, 0.717) is 10.7 Å². The van der Waals surface area contributed by atoms with Crippen LogP contribution in [-0.2, 0) is 4.74 Å². The number of ether oxygens (including phenoxy) is 1. The van der Waals surface area contributed by atoms with E-state index >= 15 is 0 Å². The summed E-state index contributed by atoms with van der Waals surface area (Å²) in [5.74, 6) is 0.527. The number of benzene rings is 1. The van der Waals surface area contributed by atoms with Crippen LogP contribution in [-0.4, -0.2) is 47.4 Å². The van der Waals surface area contributed by atoms with Gasteiger partial charge in [-0.1, -0.05) is 0 Å². The highest BCUT2D eigenvalue weighted by Crippen LogP contribution is 2.23. The summed E-state index contributed by atoms with van der Waals surface area (Å²) >= 11 is 1.40. The van der Waals surface area contributed by atoms with Crippen molar-refractivity contribution in [1.82, 2.24) is 15.2 Å². The number of nitrogens with one attached hydrogen (secondary N) is 2. The fourth-order valence-corrected chi connectivity index (χ4v) is 3.94. The van der Waals surface area contributed by atoms with Gasteiger partial charge in [0.1, 0.15) is 4.88 Å². The van der Waals surface area contributed by atoms with Crippen molar-refractivity contribution in [3.05, 3.63) is 52.1 Å². The molecule has 0 bridgehead atoms. The monoisotopic (exact) mass is 410 g/mol. The summed E-state index contributed by atoms with van der Waals surface area (Å²) in [5, 5.41) is 15.3. The molecule has 3 heterocycles. The van der Waals surface area contributed by atoms with Crippen LogP contribution in [0, 0.1) is 13.8 Å². The summed E-state index contributed by atoms with van der Waals surface area (Å²) in [5.41, 5.74) is 3.35.